The van der Waals surface area contributed by atoms with Crippen molar-refractivity contribution in [3.8, 4) is 0 Å². The molecule has 41 heavy (non-hydrogen) atoms. The van der Waals surface area contributed by atoms with Crippen LogP contribution < -0.4 is 10.6 Å². The molecule has 0 radical (unpaired) electrons. The Bertz CT molecular complexity index is 1470. The molecule has 2 unspecified atom stereocenters. The van der Waals surface area contributed by atoms with Gasteiger partial charge < -0.3 is 20.6 Å². The molecule has 3 N–H and O–H groups in total. The Morgan fingerprint density at radius 1 is 0.951 bits per heavy atom. The molecule has 1 saturated heterocycles. The third-order valence-corrected chi connectivity index (χ3v) is 8.05. The number of rotatable bonds is 7. The fraction of sp³-hybridized carbons (Fsp3) is 0.375. The molecule has 2 atom stereocenters. The van der Waals surface area contributed by atoms with Gasteiger partial charge in [-0.3, -0.25) is 19.3 Å². The minimum absolute atomic E-state index is 0.120. The number of fused-ring (bicyclic) bond motifs is 2. The summed E-state index contributed by atoms with van der Waals surface area (Å²) in [5.74, 6) is -0.761. The quantitative estimate of drug-likeness (QED) is 0.410. The average Bonchev–Trinajstić information content (AvgIpc) is 2.99. The fourth-order valence-electron chi connectivity index (χ4n) is 5.87. The second-order valence-electron chi connectivity index (χ2n) is 10.8. The van der Waals surface area contributed by atoms with Gasteiger partial charge in [0.25, 0.3) is 5.91 Å². The van der Waals surface area contributed by atoms with Gasteiger partial charge in [-0.25, -0.2) is 4.79 Å². The third kappa shape index (κ3) is 6.34. The molecule has 0 bridgehead atoms. The van der Waals surface area contributed by atoms with Gasteiger partial charge >= 0.3 is 6.09 Å². The normalized spacial score (nSPS) is 17.4. The van der Waals surface area contributed by atoms with Crippen LogP contribution in [0, 0.1) is 0 Å². The van der Waals surface area contributed by atoms with E-state index in [4.69, 9.17) is 0 Å². The van der Waals surface area contributed by atoms with E-state index in [9.17, 15) is 24.3 Å². The van der Waals surface area contributed by atoms with Crippen molar-refractivity contribution in [2.75, 3.05) is 19.6 Å². The molecular weight excluding hydrogens is 520 g/mol. The highest BCUT2D eigenvalue weighted by molar-refractivity contribution is 5.95. The number of nitrogens with zero attached hydrogens (tertiary/aromatic N) is 2. The number of piperidine rings is 1. The van der Waals surface area contributed by atoms with Crippen molar-refractivity contribution in [2.24, 2.45) is 0 Å². The van der Waals surface area contributed by atoms with Crippen LogP contribution >= 0.6 is 0 Å². The summed E-state index contributed by atoms with van der Waals surface area (Å²) in [6, 6.07) is 17.9. The smallest absolute Gasteiger partial charge is 0.407 e. The van der Waals surface area contributed by atoms with E-state index in [0.717, 1.165) is 33.9 Å². The maximum Gasteiger partial charge on any atom is 0.407 e. The van der Waals surface area contributed by atoms with Crippen LogP contribution in [0.15, 0.2) is 60.7 Å². The van der Waals surface area contributed by atoms with Crippen molar-refractivity contribution in [3.05, 3.63) is 82.9 Å². The lowest BCUT2D eigenvalue weighted by molar-refractivity contribution is -0.138. The number of carbonyl (C=O) groups excluding carboxylic acids is 3. The molecule has 0 saturated carbocycles. The van der Waals surface area contributed by atoms with Gasteiger partial charge in [0.1, 0.15) is 12.1 Å². The van der Waals surface area contributed by atoms with Crippen LogP contribution in [0.4, 0.5) is 4.79 Å². The first-order valence-corrected chi connectivity index (χ1v) is 14.3. The van der Waals surface area contributed by atoms with Crippen molar-refractivity contribution in [1.29, 1.82) is 0 Å². The predicted octanol–water partition coefficient (Wildman–Crippen LogP) is 3.73. The van der Waals surface area contributed by atoms with E-state index in [2.05, 4.69) is 10.6 Å². The van der Waals surface area contributed by atoms with Crippen LogP contribution in [-0.4, -0.2) is 70.4 Å². The van der Waals surface area contributed by atoms with Crippen molar-refractivity contribution in [2.45, 2.75) is 57.7 Å². The Morgan fingerprint density at radius 3 is 2.54 bits per heavy atom. The van der Waals surface area contributed by atoms with Crippen LogP contribution in [0.1, 0.15) is 53.2 Å². The van der Waals surface area contributed by atoms with Crippen LogP contribution in [0.3, 0.4) is 0 Å². The fourth-order valence-corrected chi connectivity index (χ4v) is 5.87. The highest BCUT2D eigenvalue weighted by Crippen LogP contribution is 2.24. The largest absolute Gasteiger partial charge is 0.465 e. The molecule has 0 aromatic heterocycles. The number of nitrogens with one attached hydrogen (secondary N) is 2. The number of hydrogen-bond acceptors (Lipinski definition) is 4. The number of carboxylic acid groups (broad SMARTS) is 1. The number of carbonyl (C=O) groups is 4. The first-order valence-electron chi connectivity index (χ1n) is 14.3. The summed E-state index contributed by atoms with van der Waals surface area (Å²) in [7, 11) is 0. The minimum Gasteiger partial charge on any atom is -0.465 e. The van der Waals surface area contributed by atoms with E-state index in [1.165, 1.54) is 4.90 Å². The zero-order chi connectivity index (χ0) is 28.9. The maximum atomic E-state index is 14.0. The lowest BCUT2D eigenvalue weighted by Crippen LogP contribution is -2.57. The van der Waals surface area contributed by atoms with Crippen LogP contribution in [0.2, 0.25) is 0 Å². The molecule has 9 nitrogen and oxygen atoms in total. The van der Waals surface area contributed by atoms with Crippen molar-refractivity contribution in [3.63, 3.8) is 0 Å². The van der Waals surface area contributed by atoms with Crippen molar-refractivity contribution < 1.29 is 24.3 Å². The summed E-state index contributed by atoms with van der Waals surface area (Å²) in [4.78, 5) is 54.5. The summed E-state index contributed by atoms with van der Waals surface area (Å²) in [6.07, 6.45) is 1.66. The standard InChI is InChI=1S/C32H36N4O5/c1-2-33-29(37)25-12-13-26-20-35(16-14-24(26)19-25)31(39)27(18-21-10-11-22-7-3-4-8-23(22)17-21)34-30(38)28-9-5-6-15-36(28)32(40)41/h3-4,7-8,10-13,17,19,27-28H,2,5-6,9,14-16,18,20H2,1H3,(H,33,37)(H,34,38)(H,40,41). The van der Waals surface area contributed by atoms with Gasteiger partial charge in [-0.1, -0.05) is 48.5 Å². The maximum absolute atomic E-state index is 14.0. The zero-order valence-electron chi connectivity index (χ0n) is 23.3. The molecule has 214 valence electrons. The van der Waals surface area contributed by atoms with Crippen LogP contribution in [0.25, 0.3) is 10.8 Å². The lowest BCUT2D eigenvalue weighted by Gasteiger charge is -2.35. The Kier molecular flexibility index (Phi) is 8.52. The van der Waals surface area contributed by atoms with Crippen molar-refractivity contribution >= 4 is 34.6 Å². The first kappa shape index (κ1) is 28.1. The zero-order valence-corrected chi connectivity index (χ0v) is 23.3. The SMILES string of the molecule is CCNC(=O)c1ccc2c(c1)CCN(C(=O)C(Cc1ccc3ccccc3c1)NC(=O)C1CCCCN1C(=O)O)C2. The van der Waals surface area contributed by atoms with Gasteiger partial charge in [-0.2, -0.15) is 0 Å². The van der Waals surface area contributed by atoms with Gasteiger partial charge in [0.05, 0.1) is 0 Å². The second kappa shape index (κ2) is 12.4. The van der Waals surface area contributed by atoms with E-state index in [1.807, 2.05) is 61.5 Å². The van der Waals surface area contributed by atoms with E-state index >= 15 is 0 Å². The topological polar surface area (TPSA) is 119 Å². The summed E-state index contributed by atoms with van der Waals surface area (Å²) >= 11 is 0. The molecule has 5 rings (SSSR count). The Labute approximate surface area is 239 Å². The van der Waals surface area contributed by atoms with E-state index in [-0.39, 0.29) is 18.2 Å². The number of benzene rings is 3. The molecule has 2 heterocycles. The highest BCUT2D eigenvalue weighted by Gasteiger charge is 2.36. The van der Waals surface area contributed by atoms with Crippen LogP contribution in [-0.2, 0) is 29.0 Å². The molecule has 3 aromatic rings. The molecule has 0 aliphatic carbocycles. The molecular formula is C32H36N4O5. The molecule has 3 aromatic carbocycles. The summed E-state index contributed by atoms with van der Waals surface area (Å²) in [5, 5.41) is 17.5. The molecule has 2 aliphatic heterocycles. The Morgan fingerprint density at radius 2 is 1.76 bits per heavy atom. The van der Waals surface area contributed by atoms with Gasteiger partial charge in [0.15, 0.2) is 0 Å². The Hall–Kier alpha value is -4.40. The van der Waals surface area contributed by atoms with E-state index in [1.54, 1.807) is 11.0 Å². The monoisotopic (exact) mass is 556 g/mol. The molecule has 4 amide bonds. The van der Waals surface area contributed by atoms with Crippen LogP contribution in [0.5, 0.6) is 0 Å². The summed E-state index contributed by atoms with van der Waals surface area (Å²) < 4.78 is 0. The number of hydrogen-bond donors (Lipinski definition) is 3. The highest BCUT2D eigenvalue weighted by atomic mass is 16.4. The van der Waals surface area contributed by atoms with Gasteiger partial charge in [0.2, 0.25) is 11.8 Å². The first-order chi connectivity index (χ1) is 19.8. The third-order valence-electron chi connectivity index (χ3n) is 8.05. The van der Waals surface area contributed by atoms with Crippen molar-refractivity contribution in [1.82, 2.24) is 20.4 Å². The predicted molar refractivity (Wildman–Crippen MR) is 156 cm³/mol. The summed E-state index contributed by atoms with van der Waals surface area (Å²) in [5.41, 5.74) is 3.51. The second-order valence-corrected chi connectivity index (χ2v) is 10.8. The van der Waals surface area contributed by atoms with Gasteiger partial charge in [-0.05, 0) is 72.2 Å². The minimum atomic E-state index is -1.12. The molecule has 2 aliphatic rings. The molecule has 1 fully saturated rings. The number of likely N-dealkylation sites (tertiary alicyclic amines) is 1. The van der Waals surface area contributed by atoms with E-state index < -0.39 is 24.1 Å². The summed E-state index contributed by atoms with van der Waals surface area (Å²) in [6.45, 7) is 3.56. The van der Waals surface area contributed by atoms with Gasteiger partial charge in [0, 0.05) is 38.2 Å². The van der Waals surface area contributed by atoms with E-state index in [0.29, 0.717) is 51.0 Å². The Balaban J connectivity index is 1.38. The lowest BCUT2D eigenvalue weighted by atomic mass is 9.95. The average molecular weight is 557 g/mol. The van der Waals surface area contributed by atoms with Gasteiger partial charge in [-0.15, -0.1) is 0 Å². The molecule has 0 spiro atoms. The number of amides is 4. The molecule has 9 heteroatoms.